The molecule has 0 radical (unpaired) electrons. The van der Waals surface area contributed by atoms with E-state index in [-0.39, 0.29) is 0 Å². The molecule has 5 heteroatoms. The van der Waals surface area contributed by atoms with Crippen LogP contribution in [0.2, 0.25) is 6.04 Å². The van der Waals surface area contributed by atoms with Crippen LogP contribution in [0, 0.1) is 0 Å². The molecule has 1 aliphatic carbocycles. The summed E-state index contributed by atoms with van der Waals surface area (Å²) < 4.78 is 15.5. The van der Waals surface area contributed by atoms with E-state index in [0.29, 0.717) is 0 Å². The summed E-state index contributed by atoms with van der Waals surface area (Å²) in [7, 11) is 4.75. The van der Waals surface area contributed by atoms with Crippen molar-refractivity contribution >= 4 is 8.80 Å². The second-order valence-corrected chi connectivity index (χ2v) is 7.76. The maximum atomic E-state index is 5.17. The molecule has 0 unspecified atom stereocenters. The third kappa shape index (κ3) is 6.85. The minimum Gasteiger partial charge on any atom is -0.377 e. The second kappa shape index (κ2) is 10.9. The lowest BCUT2D eigenvalue weighted by Crippen LogP contribution is -2.42. The van der Waals surface area contributed by atoms with Gasteiger partial charge in [-0.3, -0.25) is 0 Å². The molecule has 0 aliphatic heterocycles. The first-order valence-electron chi connectivity index (χ1n) is 7.00. The average Bonchev–Trinajstić information content (AvgIpc) is 2.46. The number of nitrogens with one attached hydrogen (secondary N) is 1. The third-order valence-corrected chi connectivity index (χ3v) is 6.48. The molecule has 4 nitrogen and oxygen atoms in total. The van der Waals surface area contributed by atoms with Crippen molar-refractivity contribution in [2.24, 2.45) is 0 Å². The number of hydrogen-bond donors (Lipinski definition) is 1. The Kier molecular flexibility index (Phi) is 11.0. The standard InChI is InChI=1S/C7H15N.C6H16O3Si/c1-8-7-5-3-2-4-6-7;1-5-6-10(7-2,8-3)9-4/h7-8H,2-6H2,1H3;5-6H2,1-4H3. The highest BCUT2D eigenvalue weighted by atomic mass is 28.4. The van der Waals surface area contributed by atoms with Gasteiger partial charge in [0.15, 0.2) is 0 Å². The molecule has 0 bridgehead atoms. The summed E-state index contributed by atoms with van der Waals surface area (Å²) in [5, 5.41) is 3.30. The van der Waals surface area contributed by atoms with Gasteiger partial charge in [0.2, 0.25) is 0 Å². The van der Waals surface area contributed by atoms with Crippen molar-refractivity contribution < 1.29 is 13.3 Å². The number of rotatable bonds is 6. The predicted octanol–water partition coefficient (Wildman–Crippen LogP) is 2.81. The van der Waals surface area contributed by atoms with Crippen molar-refractivity contribution in [2.45, 2.75) is 57.5 Å². The zero-order valence-corrected chi connectivity index (χ0v) is 13.8. The van der Waals surface area contributed by atoms with Gasteiger partial charge in [0.05, 0.1) is 0 Å². The van der Waals surface area contributed by atoms with E-state index in [4.69, 9.17) is 13.3 Å². The molecule has 1 aliphatic rings. The van der Waals surface area contributed by atoms with Crippen LogP contribution in [0.3, 0.4) is 0 Å². The molecule has 0 aromatic heterocycles. The maximum absolute atomic E-state index is 5.17. The molecule has 0 atom stereocenters. The number of hydrogen-bond acceptors (Lipinski definition) is 4. The fourth-order valence-corrected chi connectivity index (χ4v) is 3.98. The first-order chi connectivity index (χ1) is 8.67. The Morgan fingerprint density at radius 2 is 1.50 bits per heavy atom. The second-order valence-electron chi connectivity index (χ2n) is 4.67. The van der Waals surface area contributed by atoms with Crippen LogP contribution in [0.1, 0.15) is 45.4 Å². The van der Waals surface area contributed by atoms with Crippen LogP contribution in [-0.2, 0) is 13.3 Å². The Balaban J connectivity index is 0.000000327. The summed E-state index contributed by atoms with van der Waals surface area (Å²) in [5.41, 5.74) is 0. The van der Waals surface area contributed by atoms with E-state index in [0.717, 1.165) is 18.5 Å². The third-order valence-electron chi connectivity index (χ3n) is 3.50. The predicted molar refractivity (Wildman–Crippen MR) is 77.8 cm³/mol. The van der Waals surface area contributed by atoms with E-state index in [1.54, 1.807) is 21.3 Å². The fourth-order valence-electron chi connectivity index (χ4n) is 2.25. The summed E-state index contributed by atoms with van der Waals surface area (Å²) >= 11 is 0. The van der Waals surface area contributed by atoms with E-state index < -0.39 is 8.80 Å². The first-order valence-corrected chi connectivity index (χ1v) is 8.93. The van der Waals surface area contributed by atoms with Crippen LogP contribution in [0.15, 0.2) is 0 Å². The first kappa shape index (κ1) is 18.1. The van der Waals surface area contributed by atoms with Crippen LogP contribution >= 0.6 is 0 Å². The van der Waals surface area contributed by atoms with Crippen molar-refractivity contribution in [3.8, 4) is 0 Å². The molecule has 0 saturated heterocycles. The summed E-state index contributed by atoms with van der Waals surface area (Å²) in [4.78, 5) is 0. The molecule has 1 fully saturated rings. The average molecular weight is 277 g/mol. The Labute approximate surface area is 114 Å². The molecule has 0 amide bonds. The largest absolute Gasteiger partial charge is 0.500 e. The molecule has 110 valence electrons. The normalized spacial score (nSPS) is 17.2. The van der Waals surface area contributed by atoms with Gasteiger partial charge in [-0.2, -0.15) is 0 Å². The van der Waals surface area contributed by atoms with Crippen LogP contribution in [-0.4, -0.2) is 43.2 Å². The van der Waals surface area contributed by atoms with Gasteiger partial charge in [-0.05, 0) is 19.9 Å². The monoisotopic (exact) mass is 277 g/mol. The molecule has 1 saturated carbocycles. The Hall–Kier alpha value is 0.0569. The Bertz CT molecular complexity index is 175. The van der Waals surface area contributed by atoms with E-state index in [1.165, 1.54) is 32.1 Å². The van der Waals surface area contributed by atoms with Crippen LogP contribution in [0.25, 0.3) is 0 Å². The molecular weight excluding hydrogens is 246 g/mol. The molecule has 0 aromatic carbocycles. The lowest BCUT2D eigenvalue weighted by molar-refractivity contribution is 0.123. The van der Waals surface area contributed by atoms with Gasteiger partial charge in [-0.1, -0.05) is 32.6 Å². The van der Waals surface area contributed by atoms with E-state index in [9.17, 15) is 0 Å². The molecule has 1 N–H and O–H groups in total. The highest BCUT2D eigenvalue weighted by Gasteiger charge is 2.36. The smallest absolute Gasteiger partial charge is 0.377 e. The molecule has 0 aromatic rings. The minimum absolute atomic E-state index is 0.837. The molecular formula is C13H31NO3Si. The van der Waals surface area contributed by atoms with Crippen molar-refractivity contribution in [2.75, 3.05) is 28.4 Å². The van der Waals surface area contributed by atoms with Gasteiger partial charge in [-0.15, -0.1) is 0 Å². The quantitative estimate of drug-likeness (QED) is 0.758. The maximum Gasteiger partial charge on any atom is 0.500 e. The van der Waals surface area contributed by atoms with Crippen molar-refractivity contribution in [3.63, 3.8) is 0 Å². The lowest BCUT2D eigenvalue weighted by atomic mass is 9.96. The Morgan fingerprint density at radius 1 is 1.00 bits per heavy atom. The van der Waals surface area contributed by atoms with Gasteiger partial charge in [0.1, 0.15) is 0 Å². The molecule has 0 heterocycles. The van der Waals surface area contributed by atoms with Gasteiger partial charge in [0, 0.05) is 33.4 Å². The fraction of sp³-hybridized carbons (Fsp3) is 1.00. The van der Waals surface area contributed by atoms with Gasteiger partial charge >= 0.3 is 8.80 Å². The molecule has 0 spiro atoms. The van der Waals surface area contributed by atoms with Crippen molar-refractivity contribution in [3.05, 3.63) is 0 Å². The molecule has 1 rings (SSSR count). The van der Waals surface area contributed by atoms with Crippen molar-refractivity contribution in [1.29, 1.82) is 0 Å². The zero-order chi connectivity index (χ0) is 13.9. The highest BCUT2D eigenvalue weighted by molar-refractivity contribution is 6.60. The summed E-state index contributed by atoms with van der Waals surface area (Å²) in [6, 6.07) is 1.72. The SMILES string of the molecule is CCC[Si](OC)(OC)OC.CNC1CCCCC1. The topological polar surface area (TPSA) is 39.7 Å². The molecule has 18 heavy (non-hydrogen) atoms. The van der Waals surface area contributed by atoms with Gasteiger partial charge < -0.3 is 18.6 Å². The summed E-state index contributed by atoms with van der Waals surface area (Å²) in [6.07, 6.45) is 8.16. The minimum atomic E-state index is -2.22. The Morgan fingerprint density at radius 3 is 1.72 bits per heavy atom. The van der Waals surface area contributed by atoms with Crippen LogP contribution in [0.5, 0.6) is 0 Å². The van der Waals surface area contributed by atoms with Crippen LogP contribution in [0.4, 0.5) is 0 Å². The van der Waals surface area contributed by atoms with E-state index >= 15 is 0 Å². The zero-order valence-electron chi connectivity index (χ0n) is 12.8. The van der Waals surface area contributed by atoms with E-state index in [1.807, 2.05) is 0 Å². The summed E-state index contributed by atoms with van der Waals surface area (Å²) in [6.45, 7) is 2.08. The van der Waals surface area contributed by atoms with Gasteiger partial charge in [0.25, 0.3) is 0 Å². The van der Waals surface area contributed by atoms with E-state index in [2.05, 4.69) is 19.3 Å². The van der Waals surface area contributed by atoms with Gasteiger partial charge in [-0.25, -0.2) is 0 Å². The highest BCUT2D eigenvalue weighted by Crippen LogP contribution is 2.16. The lowest BCUT2D eigenvalue weighted by Gasteiger charge is -2.23. The van der Waals surface area contributed by atoms with Crippen LogP contribution < -0.4 is 5.32 Å². The summed E-state index contributed by atoms with van der Waals surface area (Å²) in [5.74, 6) is 0. The van der Waals surface area contributed by atoms with Crippen molar-refractivity contribution in [1.82, 2.24) is 5.32 Å².